The Morgan fingerprint density at radius 2 is 2.23 bits per heavy atom. The molecule has 2 nitrogen and oxygen atoms in total. The molecule has 0 aliphatic heterocycles. The van der Waals surface area contributed by atoms with Gasteiger partial charge in [-0.3, -0.25) is 0 Å². The molecule has 1 aromatic heterocycles. The molecule has 13 heavy (non-hydrogen) atoms. The van der Waals surface area contributed by atoms with Gasteiger partial charge in [0.05, 0.1) is 17.4 Å². The second-order valence-electron chi connectivity index (χ2n) is 3.13. The maximum Gasteiger partial charge on any atom is 0.0999 e. The van der Waals surface area contributed by atoms with Crippen LogP contribution in [0.1, 0.15) is 12.5 Å². The molecule has 2 heteroatoms. The van der Waals surface area contributed by atoms with E-state index in [9.17, 15) is 0 Å². The molecular weight excluding hydrogens is 160 g/mol. The highest BCUT2D eigenvalue weighted by Crippen LogP contribution is 2.14. The molecule has 0 amide bonds. The molecule has 0 saturated heterocycles. The number of allylic oxidation sites excluding steroid dienone is 1. The molecule has 0 saturated carbocycles. The van der Waals surface area contributed by atoms with Crippen LogP contribution < -0.4 is 0 Å². The quantitative estimate of drug-likeness (QED) is 0.646. The predicted molar refractivity (Wildman–Crippen MR) is 55.5 cm³/mol. The van der Waals surface area contributed by atoms with Gasteiger partial charge in [0, 0.05) is 6.20 Å². The number of aryl methyl sites for hydroxylation is 1. The van der Waals surface area contributed by atoms with Crippen molar-refractivity contribution in [3.63, 3.8) is 0 Å². The van der Waals surface area contributed by atoms with Gasteiger partial charge >= 0.3 is 0 Å². The van der Waals surface area contributed by atoms with Crippen LogP contribution in [0.2, 0.25) is 0 Å². The number of nitrogens with zero attached hydrogens (tertiary/aromatic N) is 2. The highest BCUT2D eigenvalue weighted by Gasteiger charge is 1.98. The third-order valence-electron chi connectivity index (χ3n) is 2.04. The van der Waals surface area contributed by atoms with Gasteiger partial charge in [0.25, 0.3) is 0 Å². The Labute approximate surface area is 77.5 Å². The number of imidazole rings is 1. The smallest absolute Gasteiger partial charge is 0.0999 e. The molecule has 0 fully saturated rings. The summed E-state index contributed by atoms with van der Waals surface area (Å²) in [5.74, 6) is 0. The molecule has 0 unspecified atom stereocenters. The standard InChI is InChI=1S/C11H12N2/c1-3-6-13-8-12-10-7-9(2)4-5-11(10)13/h3-8H,1-2H3/b6-3+. The zero-order valence-electron chi connectivity index (χ0n) is 7.86. The number of aromatic nitrogens is 2. The Morgan fingerprint density at radius 3 is 3.00 bits per heavy atom. The SMILES string of the molecule is C/C=C/n1cnc2cc(C)ccc21. The minimum Gasteiger partial charge on any atom is -0.306 e. The van der Waals surface area contributed by atoms with Gasteiger partial charge in [0.15, 0.2) is 0 Å². The lowest BCUT2D eigenvalue weighted by molar-refractivity contribution is 1.17. The molecule has 66 valence electrons. The molecule has 2 aromatic rings. The van der Waals surface area contributed by atoms with Gasteiger partial charge < -0.3 is 4.57 Å². The summed E-state index contributed by atoms with van der Waals surface area (Å²) in [6.45, 7) is 4.08. The summed E-state index contributed by atoms with van der Waals surface area (Å²) < 4.78 is 2.02. The second kappa shape index (κ2) is 3.05. The van der Waals surface area contributed by atoms with Gasteiger partial charge in [-0.05, 0) is 31.5 Å². The largest absolute Gasteiger partial charge is 0.306 e. The van der Waals surface area contributed by atoms with E-state index in [4.69, 9.17) is 0 Å². The fourth-order valence-electron chi connectivity index (χ4n) is 1.42. The number of rotatable bonds is 1. The maximum atomic E-state index is 4.31. The summed E-state index contributed by atoms with van der Waals surface area (Å²) in [5, 5.41) is 0. The van der Waals surface area contributed by atoms with E-state index in [1.165, 1.54) is 5.56 Å². The van der Waals surface area contributed by atoms with Gasteiger partial charge in [-0.25, -0.2) is 4.98 Å². The molecule has 0 spiro atoms. The molecule has 1 aromatic carbocycles. The first-order valence-corrected chi connectivity index (χ1v) is 4.37. The summed E-state index contributed by atoms with van der Waals surface area (Å²) in [7, 11) is 0. The molecule has 1 heterocycles. The van der Waals surface area contributed by atoms with Crippen LogP contribution in [0.3, 0.4) is 0 Å². The fraction of sp³-hybridized carbons (Fsp3) is 0.182. The fourth-order valence-corrected chi connectivity index (χ4v) is 1.42. The predicted octanol–water partition coefficient (Wildman–Crippen LogP) is 2.84. The molecule has 0 bridgehead atoms. The van der Waals surface area contributed by atoms with Crippen molar-refractivity contribution in [3.8, 4) is 0 Å². The van der Waals surface area contributed by atoms with Crippen molar-refractivity contribution < 1.29 is 0 Å². The van der Waals surface area contributed by atoms with E-state index in [2.05, 4.69) is 30.1 Å². The first-order valence-electron chi connectivity index (χ1n) is 4.37. The average molecular weight is 172 g/mol. The van der Waals surface area contributed by atoms with Crippen LogP contribution in [0.4, 0.5) is 0 Å². The highest BCUT2D eigenvalue weighted by atomic mass is 15.0. The van der Waals surface area contributed by atoms with Crippen molar-refractivity contribution in [2.75, 3.05) is 0 Å². The van der Waals surface area contributed by atoms with Crippen LogP contribution in [-0.2, 0) is 0 Å². The number of hydrogen-bond donors (Lipinski definition) is 0. The molecule has 0 atom stereocenters. The number of hydrogen-bond acceptors (Lipinski definition) is 1. The van der Waals surface area contributed by atoms with Crippen LogP contribution in [0.15, 0.2) is 30.6 Å². The number of fused-ring (bicyclic) bond motifs is 1. The van der Waals surface area contributed by atoms with E-state index in [1.54, 1.807) is 0 Å². The van der Waals surface area contributed by atoms with Gasteiger partial charge in [-0.15, -0.1) is 0 Å². The summed E-state index contributed by atoms with van der Waals surface area (Å²) >= 11 is 0. The topological polar surface area (TPSA) is 17.8 Å². The maximum absolute atomic E-state index is 4.31. The monoisotopic (exact) mass is 172 g/mol. The van der Waals surface area contributed by atoms with E-state index in [0.29, 0.717) is 0 Å². The van der Waals surface area contributed by atoms with E-state index in [0.717, 1.165) is 11.0 Å². The van der Waals surface area contributed by atoms with Crippen molar-refractivity contribution in [1.29, 1.82) is 0 Å². The average Bonchev–Trinajstić information content (AvgIpc) is 2.49. The Morgan fingerprint density at radius 1 is 1.38 bits per heavy atom. The van der Waals surface area contributed by atoms with Crippen LogP contribution in [0.5, 0.6) is 0 Å². The summed E-state index contributed by atoms with van der Waals surface area (Å²) in [5.41, 5.74) is 3.46. The van der Waals surface area contributed by atoms with Gasteiger partial charge in [-0.1, -0.05) is 12.1 Å². The van der Waals surface area contributed by atoms with Crippen molar-refractivity contribution in [2.45, 2.75) is 13.8 Å². The summed E-state index contributed by atoms with van der Waals surface area (Å²) in [4.78, 5) is 4.31. The van der Waals surface area contributed by atoms with Gasteiger partial charge in [0.2, 0.25) is 0 Å². The van der Waals surface area contributed by atoms with Crippen LogP contribution >= 0.6 is 0 Å². The lowest BCUT2D eigenvalue weighted by Crippen LogP contribution is -1.81. The van der Waals surface area contributed by atoms with Crippen molar-refractivity contribution in [1.82, 2.24) is 9.55 Å². The van der Waals surface area contributed by atoms with Gasteiger partial charge in [0.1, 0.15) is 0 Å². The molecule has 2 rings (SSSR count). The van der Waals surface area contributed by atoms with Crippen molar-refractivity contribution in [3.05, 3.63) is 36.2 Å². The van der Waals surface area contributed by atoms with E-state index in [1.807, 2.05) is 30.1 Å². The summed E-state index contributed by atoms with van der Waals surface area (Å²) in [6.07, 6.45) is 5.84. The Balaban J connectivity index is 2.68. The minimum atomic E-state index is 1.05. The molecular formula is C11H12N2. The number of benzene rings is 1. The Bertz CT molecular complexity index is 452. The first kappa shape index (κ1) is 8.05. The van der Waals surface area contributed by atoms with Crippen LogP contribution in [0.25, 0.3) is 17.2 Å². The van der Waals surface area contributed by atoms with Crippen molar-refractivity contribution in [2.24, 2.45) is 0 Å². The zero-order valence-corrected chi connectivity index (χ0v) is 7.86. The Hall–Kier alpha value is -1.57. The van der Waals surface area contributed by atoms with Crippen LogP contribution in [0, 0.1) is 6.92 Å². The highest BCUT2D eigenvalue weighted by molar-refractivity contribution is 5.78. The Kier molecular flexibility index (Phi) is 1.89. The third-order valence-corrected chi connectivity index (χ3v) is 2.04. The minimum absolute atomic E-state index is 1.05. The van der Waals surface area contributed by atoms with Crippen molar-refractivity contribution >= 4 is 17.2 Å². The van der Waals surface area contributed by atoms with E-state index >= 15 is 0 Å². The normalized spacial score (nSPS) is 11.5. The molecule has 0 aliphatic rings. The summed E-state index contributed by atoms with van der Waals surface area (Å²) in [6, 6.07) is 6.29. The zero-order chi connectivity index (χ0) is 9.26. The van der Waals surface area contributed by atoms with E-state index < -0.39 is 0 Å². The third kappa shape index (κ3) is 1.35. The molecule has 0 aliphatic carbocycles. The molecule has 0 N–H and O–H groups in total. The lowest BCUT2D eigenvalue weighted by atomic mass is 10.2. The second-order valence-corrected chi connectivity index (χ2v) is 3.13. The molecule has 0 radical (unpaired) electrons. The lowest BCUT2D eigenvalue weighted by Gasteiger charge is -1.95. The van der Waals surface area contributed by atoms with Crippen LogP contribution in [-0.4, -0.2) is 9.55 Å². The van der Waals surface area contributed by atoms with Gasteiger partial charge in [-0.2, -0.15) is 0 Å². The van der Waals surface area contributed by atoms with E-state index in [-0.39, 0.29) is 0 Å². The first-order chi connectivity index (χ1) is 6.31.